The van der Waals surface area contributed by atoms with Gasteiger partial charge in [0.2, 0.25) is 0 Å². The molecule has 1 rings (SSSR count). The van der Waals surface area contributed by atoms with E-state index in [0.29, 0.717) is 5.56 Å². The number of hydrogen-bond donors (Lipinski definition) is 1. The molecule has 0 heterocycles. The predicted octanol–water partition coefficient (Wildman–Crippen LogP) is 3.60. The summed E-state index contributed by atoms with van der Waals surface area (Å²) in [5.74, 6) is -1.09. The highest BCUT2D eigenvalue weighted by Crippen LogP contribution is 2.30. The molecule has 0 aliphatic carbocycles. The second kappa shape index (κ2) is 4.91. The van der Waals surface area contributed by atoms with E-state index in [1.54, 1.807) is 6.92 Å². The topological polar surface area (TPSA) is 20.2 Å². The third kappa shape index (κ3) is 2.59. The van der Waals surface area contributed by atoms with Crippen LogP contribution in [-0.2, 0) is 0 Å². The van der Waals surface area contributed by atoms with Crippen LogP contribution < -0.4 is 0 Å². The first-order valence-corrected chi connectivity index (χ1v) is 5.48. The molecule has 0 spiro atoms. The van der Waals surface area contributed by atoms with Gasteiger partial charge in [0.1, 0.15) is 11.6 Å². The second-order valence-electron chi connectivity index (χ2n) is 4.67. The van der Waals surface area contributed by atoms with Gasteiger partial charge in [-0.1, -0.05) is 20.8 Å². The molecule has 3 heteroatoms. The van der Waals surface area contributed by atoms with Crippen molar-refractivity contribution < 1.29 is 13.9 Å². The molecule has 0 saturated carbocycles. The Morgan fingerprint density at radius 3 is 2.12 bits per heavy atom. The Labute approximate surface area is 95.1 Å². The number of aliphatic hydroxyl groups excluding tert-OH is 1. The molecule has 0 fully saturated rings. The highest BCUT2D eigenvalue weighted by atomic mass is 19.1. The van der Waals surface area contributed by atoms with Crippen LogP contribution >= 0.6 is 0 Å². The molecule has 16 heavy (non-hydrogen) atoms. The van der Waals surface area contributed by atoms with Crippen LogP contribution in [0, 0.1) is 30.4 Å². The maximum atomic E-state index is 13.5. The molecule has 1 nitrogen and oxygen atoms in total. The third-order valence-electron chi connectivity index (χ3n) is 3.15. The minimum Gasteiger partial charge on any atom is -0.388 e. The largest absolute Gasteiger partial charge is 0.388 e. The second-order valence-corrected chi connectivity index (χ2v) is 4.67. The van der Waals surface area contributed by atoms with E-state index in [4.69, 9.17) is 0 Å². The van der Waals surface area contributed by atoms with Crippen molar-refractivity contribution in [1.82, 2.24) is 0 Å². The first-order chi connectivity index (χ1) is 7.34. The number of aliphatic hydroxyl groups is 1. The zero-order valence-corrected chi connectivity index (χ0v) is 10.1. The molecule has 0 amide bonds. The smallest absolute Gasteiger partial charge is 0.131 e. The molecule has 0 aliphatic heterocycles. The van der Waals surface area contributed by atoms with Crippen molar-refractivity contribution in [2.24, 2.45) is 11.8 Å². The van der Waals surface area contributed by atoms with E-state index >= 15 is 0 Å². The number of hydrogen-bond acceptors (Lipinski definition) is 1. The van der Waals surface area contributed by atoms with Crippen molar-refractivity contribution in [3.8, 4) is 0 Å². The molecule has 90 valence electrons. The average Bonchev–Trinajstić information content (AvgIpc) is 2.21. The standard InChI is InChI=1S/C13H18F2O/c1-7(2)9(4)13(16)10-5-8(3)11(14)6-12(10)15/h5-7,9,13,16H,1-4H3. The van der Waals surface area contributed by atoms with Gasteiger partial charge >= 0.3 is 0 Å². The number of benzene rings is 1. The molecule has 1 N–H and O–H groups in total. The van der Waals surface area contributed by atoms with Gasteiger partial charge in [0, 0.05) is 11.6 Å². The lowest BCUT2D eigenvalue weighted by Gasteiger charge is -2.23. The maximum Gasteiger partial charge on any atom is 0.131 e. The van der Waals surface area contributed by atoms with E-state index in [-0.39, 0.29) is 17.4 Å². The van der Waals surface area contributed by atoms with Crippen molar-refractivity contribution in [2.45, 2.75) is 33.8 Å². The van der Waals surface area contributed by atoms with E-state index in [0.717, 1.165) is 6.07 Å². The molecule has 0 bridgehead atoms. The highest BCUT2D eigenvalue weighted by molar-refractivity contribution is 5.27. The summed E-state index contributed by atoms with van der Waals surface area (Å²) in [6.07, 6.45) is -0.890. The molecular weight excluding hydrogens is 210 g/mol. The maximum absolute atomic E-state index is 13.5. The summed E-state index contributed by atoms with van der Waals surface area (Å²) >= 11 is 0. The van der Waals surface area contributed by atoms with Crippen LogP contribution in [0.4, 0.5) is 8.78 Å². The summed E-state index contributed by atoms with van der Waals surface area (Å²) in [7, 11) is 0. The number of rotatable bonds is 3. The summed E-state index contributed by atoms with van der Waals surface area (Å²) in [6, 6.07) is 2.22. The fourth-order valence-electron chi connectivity index (χ4n) is 1.55. The first kappa shape index (κ1) is 13.1. The van der Waals surface area contributed by atoms with Crippen molar-refractivity contribution in [3.05, 3.63) is 34.9 Å². The van der Waals surface area contributed by atoms with Crippen LogP contribution in [0.1, 0.15) is 38.0 Å². The van der Waals surface area contributed by atoms with Gasteiger partial charge in [-0.15, -0.1) is 0 Å². The van der Waals surface area contributed by atoms with Crippen molar-refractivity contribution in [1.29, 1.82) is 0 Å². The summed E-state index contributed by atoms with van der Waals surface area (Å²) in [4.78, 5) is 0. The minimum atomic E-state index is -0.890. The van der Waals surface area contributed by atoms with Crippen LogP contribution in [-0.4, -0.2) is 5.11 Å². The van der Waals surface area contributed by atoms with Gasteiger partial charge < -0.3 is 5.11 Å². The fourth-order valence-corrected chi connectivity index (χ4v) is 1.55. The zero-order chi connectivity index (χ0) is 12.5. The van der Waals surface area contributed by atoms with Gasteiger partial charge in [0.15, 0.2) is 0 Å². The predicted molar refractivity (Wildman–Crippen MR) is 60.1 cm³/mol. The molecule has 0 aromatic heterocycles. The molecule has 2 unspecified atom stereocenters. The van der Waals surface area contributed by atoms with Gasteiger partial charge in [-0.3, -0.25) is 0 Å². The van der Waals surface area contributed by atoms with Crippen LogP contribution in [0.5, 0.6) is 0 Å². The Kier molecular flexibility index (Phi) is 4.03. The summed E-state index contributed by atoms with van der Waals surface area (Å²) in [5.41, 5.74) is 0.534. The monoisotopic (exact) mass is 228 g/mol. The van der Waals surface area contributed by atoms with E-state index in [9.17, 15) is 13.9 Å². The third-order valence-corrected chi connectivity index (χ3v) is 3.15. The average molecular weight is 228 g/mol. The Balaban J connectivity index is 3.08. The van der Waals surface area contributed by atoms with Crippen molar-refractivity contribution in [2.75, 3.05) is 0 Å². The van der Waals surface area contributed by atoms with E-state index < -0.39 is 17.7 Å². The Hall–Kier alpha value is -0.960. The summed E-state index contributed by atoms with van der Waals surface area (Å²) < 4.78 is 26.6. The van der Waals surface area contributed by atoms with E-state index in [2.05, 4.69) is 0 Å². The van der Waals surface area contributed by atoms with E-state index in [1.165, 1.54) is 6.07 Å². The van der Waals surface area contributed by atoms with Gasteiger partial charge in [0.25, 0.3) is 0 Å². The zero-order valence-electron chi connectivity index (χ0n) is 10.1. The van der Waals surface area contributed by atoms with Gasteiger partial charge in [-0.25, -0.2) is 8.78 Å². The fraction of sp³-hybridized carbons (Fsp3) is 0.538. The Bertz CT molecular complexity index is 374. The Morgan fingerprint density at radius 1 is 1.06 bits per heavy atom. The van der Waals surface area contributed by atoms with Gasteiger partial charge in [-0.05, 0) is 30.4 Å². The summed E-state index contributed by atoms with van der Waals surface area (Å²) in [5, 5.41) is 9.99. The molecule has 0 saturated heterocycles. The first-order valence-electron chi connectivity index (χ1n) is 5.48. The lowest BCUT2D eigenvalue weighted by atomic mass is 9.87. The summed E-state index contributed by atoms with van der Waals surface area (Å²) in [6.45, 7) is 7.34. The SMILES string of the molecule is Cc1cc(C(O)C(C)C(C)C)c(F)cc1F. The van der Waals surface area contributed by atoms with Crippen LogP contribution in [0.25, 0.3) is 0 Å². The molecule has 1 aromatic rings. The van der Waals surface area contributed by atoms with Crippen molar-refractivity contribution in [3.63, 3.8) is 0 Å². The van der Waals surface area contributed by atoms with Crippen LogP contribution in [0.3, 0.4) is 0 Å². The molecule has 2 atom stereocenters. The lowest BCUT2D eigenvalue weighted by molar-refractivity contribution is 0.0885. The van der Waals surface area contributed by atoms with Gasteiger partial charge in [0.05, 0.1) is 6.10 Å². The number of aryl methyl sites for hydroxylation is 1. The molecule has 0 aliphatic rings. The molecule has 1 aromatic carbocycles. The lowest BCUT2D eigenvalue weighted by Crippen LogP contribution is -2.16. The van der Waals surface area contributed by atoms with Crippen LogP contribution in [0.2, 0.25) is 0 Å². The molecule has 0 radical (unpaired) electrons. The normalized spacial score (nSPS) is 15.2. The van der Waals surface area contributed by atoms with Gasteiger partial charge in [-0.2, -0.15) is 0 Å². The quantitative estimate of drug-likeness (QED) is 0.838. The minimum absolute atomic E-state index is 0.0700. The van der Waals surface area contributed by atoms with E-state index in [1.807, 2.05) is 20.8 Å². The highest BCUT2D eigenvalue weighted by Gasteiger charge is 2.23. The molecular formula is C13H18F2O. The van der Waals surface area contributed by atoms with Crippen LogP contribution in [0.15, 0.2) is 12.1 Å². The Morgan fingerprint density at radius 2 is 1.62 bits per heavy atom. The number of halogens is 2. The van der Waals surface area contributed by atoms with Crippen molar-refractivity contribution >= 4 is 0 Å².